The van der Waals surface area contributed by atoms with Crippen molar-refractivity contribution in [1.82, 2.24) is 4.90 Å². The van der Waals surface area contributed by atoms with E-state index in [1.807, 2.05) is 0 Å². The first-order valence-electron chi connectivity index (χ1n) is 6.37. The molecule has 2 rings (SSSR count). The fourth-order valence-corrected chi connectivity index (χ4v) is 2.66. The van der Waals surface area contributed by atoms with Crippen LogP contribution in [0, 0.1) is 0 Å². The number of aliphatic hydroxyl groups excluding tert-OH is 1. The third kappa shape index (κ3) is 2.91. The maximum absolute atomic E-state index is 11.0. The second-order valence-corrected chi connectivity index (χ2v) is 4.71. The summed E-state index contributed by atoms with van der Waals surface area (Å²) in [4.78, 5) is 13.1. The van der Waals surface area contributed by atoms with Crippen LogP contribution in [0.2, 0.25) is 0 Å². The van der Waals surface area contributed by atoms with Gasteiger partial charge in [-0.15, -0.1) is 0 Å². The van der Waals surface area contributed by atoms with Gasteiger partial charge in [-0.3, -0.25) is 4.90 Å². The highest BCUT2D eigenvalue weighted by molar-refractivity contribution is 5.86. The summed E-state index contributed by atoms with van der Waals surface area (Å²) in [6.45, 7) is 1.20. The third-order valence-corrected chi connectivity index (χ3v) is 3.54. The first-order valence-corrected chi connectivity index (χ1v) is 6.37. The summed E-state index contributed by atoms with van der Waals surface area (Å²) in [7, 11) is 0. The van der Waals surface area contributed by atoms with Crippen molar-refractivity contribution in [2.45, 2.75) is 38.3 Å². The largest absolute Gasteiger partial charge is 0.475 e. The normalized spacial score (nSPS) is 16.6. The zero-order valence-electron chi connectivity index (χ0n) is 10.3. The molecule has 1 aliphatic carbocycles. The molecule has 100 valence electrons. The van der Waals surface area contributed by atoms with E-state index in [1.165, 1.54) is 19.1 Å². The molecule has 1 aliphatic rings. The average molecular weight is 253 g/mol. The quantitative estimate of drug-likeness (QED) is 0.807. The van der Waals surface area contributed by atoms with Crippen LogP contribution in [-0.4, -0.2) is 40.3 Å². The van der Waals surface area contributed by atoms with Crippen LogP contribution >= 0.6 is 0 Å². The molecule has 1 heterocycles. The molecule has 0 amide bonds. The lowest BCUT2D eigenvalue weighted by molar-refractivity contribution is 0.0657. The van der Waals surface area contributed by atoms with Gasteiger partial charge in [0.2, 0.25) is 5.76 Å². The van der Waals surface area contributed by atoms with E-state index < -0.39 is 5.97 Å². The minimum absolute atomic E-state index is 0.0101. The molecule has 1 aromatic heterocycles. The summed E-state index contributed by atoms with van der Waals surface area (Å²) in [6, 6.07) is 2.15. The lowest BCUT2D eigenvalue weighted by Gasteiger charge is -2.27. The Balaban J connectivity index is 2.07. The van der Waals surface area contributed by atoms with Gasteiger partial charge in [0.15, 0.2) is 0 Å². The van der Waals surface area contributed by atoms with E-state index in [-0.39, 0.29) is 12.4 Å². The number of hydrogen-bond donors (Lipinski definition) is 2. The molecule has 0 bridgehead atoms. The molecule has 18 heavy (non-hydrogen) atoms. The zero-order valence-corrected chi connectivity index (χ0v) is 10.3. The Morgan fingerprint density at radius 3 is 2.78 bits per heavy atom. The van der Waals surface area contributed by atoms with Crippen molar-refractivity contribution in [3.05, 3.63) is 23.7 Å². The van der Waals surface area contributed by atoms with Crippen molar-refractivity contribution >= 4 is 5.97 Å². The Hall–Kier alpha value is -1.33. The third-order valence-electron chi connectivity index (χ3n) is 3.54. The van der Waals surface area contributed by atoms with E-state index in [0.29, 0.717) is 24.7 Å². The van der Waals surface area contributed by atoms with Gasteiger partial charge in [0.25, 0.3) is 0 Å². The number of aromatic carboxylic acids is 1. The van der Waals surface area contributed by atoms with Crippen molar-refractivity contribution in [2.75, 3.05) is 13.2 Å². The summed E-state index contributed by atoms with van der Waals surface area (Å²) in [5.41, 5.74) is 0.683. The van der Waals surface area contributed by atoms with Crippen LogP contribution in [0.15, 0.2) is 16.7 Å². The fraction of sp³-hybridized carbons (Fsp3) is 0.615. The van der Waals surface area contributed by atoms with Crippen molar-refractivity contribution in [3.63, 3.8) is 0 Å². The molecule has 1 aromatic rings. The van der Waals surface area contributed by atoms with Crippen LogP contribution in [-0.2, 0) is 6.54 Å². The number of carboxylic acid groups (broad SMARTS) is 1. The van der Waals surface area contributed by atoms with Gasteiger partial charge in [-0.05, 0) is 18.9 Å². The van der Waals surface area contributed by atoms with Crippen molar-refractivity contribution in [2.24, 2.45) is 0 Å². The predicted octanol–water partition coefficient (Wildman–Crippen LogP) is 1.71. The molecular weight excluding hydrogens is 234 g/mol. The predicted molar refractivity (Wildman–Crippen MR) is 65.4 cm³/mol. The summed E-state index contributed by atoms with van der Waals surface area (Å²) >= 11 is 0. The van der Waals surface area contributed by atoms with Gasteiger partial charge in [-0.25, -0.2) is 4.79 Å². The Labute approximate surface area is 106 Å². The molecule has 0 aromatic carbocycles. The van der Waals surface area contributed by atoms with E-state index in [2.05, 4.69) is 4.90 Å². The highest BCUT2D eigenvalue weighted by Gasteiger charge is 2.24. The standard InChI is InChI=1S/C13H19NO4/c15-7-6-14(11-3-1-2-4-11)9-10-5-8-18-12(10)13(16)17/h5,8,11,15H,1-4,6-7,9H2,(H,16,17). The number of aliphatic hydroxyl groups is 1. The summed E-state index contributed by atoms with van der Waals surface area (Å²) in [6.07, 6.45) is 6.08. The molecule has 5 heteroatoms. The van der Waals surface area contributed by atoms with E-state index in [0.717, 1.165) is 12.8 Å². The second-order valence-electron chi connectivity index (χ2n) is 4.71. The number of rotatable bonds is 6. The zero-order chi connectivity index (χ0) is 13.0. The number of furan rings is 1. The van der Waals surface area contributed by atoms with Crippen molar-refractivity contribution in [1.29, 1.82) is 0 Å². The van der Waals surface area contributed by atoms with E-state index in [1.54, 1.807) is 6.07 Å². The van der Waals surface area contributed by atoms with Gasteiger partial charge in [0, 0.05) is 24.7 Å². The van der Waals surface area contributed by atoms with Gasteiger partial charge in [-0.1, -0.05) is 12.8 Å². The monoisotopic (exact) mass is 253 g/mol. The number of nitrogens with zero attached hydrogens (tertiary/aromatic N) is 1. The lowest BCUT2D eigenvalue weighted by atomic mass is 10.1. The Bertz CT molecular complexity index is 395. The van der Waals surface area contributed by atoms with Gasteiger partial charge >= 0.3 is 5.97 Å². The Morgan fingerprint density at radius 1 is 1.44 bits per heavy atom. The second kappa shape index (κ2) is 6.02. The Morgan fingerprint density at radius 2 is 2.17 bits per heavy atom. The number of hydrogen-bond acceptors (Lipinski definition) is 4. The number of carboxylic acids is 1. The van der Waals surface area contributed by atoms with Crippen LogP contribution in [0.25, 0.3) is 0 Å². The molecule has 0 radical (unpaired) electrons. The molecular formula is C13H19NO4. The van der Waals surface area contributed by atoms with Gasteiger partial charge in [0.05, 0.1) is 12.9 Å². The minimum Gasteiger partial charge on any atom is -0.475 e. The Kier molecular flexibility index (Phi) is 4.38. The first kappa shape index (κ1) is 13.1. The lowest BCUT2D eigenvalue weighted by Crippen LogP contribution is -2.35. The molecule has 0 atom stereocenters. The highest BCUT2D eigenvalue weighted by Crippen LogP contribution is 2.25. The van der Waals surface area contributed by atoms with Crippen LogP contribution in [0.3, 0.4) is 0 Å². The highest BCUT2D eigenvalue weighted by atomic mass is 16.4. The topological polar surface area (TPSA) is 73.9 Å². The van der Waals surface area contributed by atoms with Crippen molar-refractivity contribution in [3.8, 4) is 0 Å². The van der Waals surface area contributed by atoms with Crippen LogP contribution in [0.4, 0.5) is 0 Å². The summed E-state index contributed by atoms with van der Waals surface area (Å²) in [5.74, 6) is -1.03. The first-order chi connectivity index (χ1) is 8.72. The molecule has 1 saturated carbocycles. The summed E-state index contributed by atoms with van der Waals surface area (Å²) in [5, 5.41) is 18.1. The van der Waals surface area contributed by atoms with Crippen LogP contribution in [0.1, 0.15) is 41.8 Å². The van der Waals surface area contributed by atoms with E-state index in [9.17, 15) is 4.79 Å². The molecule has 0 spiro atoms. The average Bonchev–Trinajstić information content (AvgIpc) is 2.99. The van der Waals surface area contributed by atoms with Gasteiger partial charge < -0.3 is 14.6 Å². The summed E-state index contributed by atoms with van der Waals surface area (Å²) < 4.78 is 4.98. The van der Waals surface area contributed by atoms with Gasteiger partial charge in [0.1, 0.15) is 0 Å². The van der Waals surface area contributed by atoms with E-state index in [4.69, 9.17) is 14.6 Å². The van der Waals surface area contributed by atoms with Crippen molar-refractivity contribution < 1.29 is 19.4 Å². The van der Waals surface area contributed by atoms with Gasteiger partial charge in [-0.2, -0.15) is 0 Å². The molecule has 1 fully saturated rings. The SMILES string of the molecule is O=C(O)c1occc1CN(CCO)C1CCCC1. The number of carbonyl (C=O) groups is 1. The van der Waals surface area contributed by atoms with E-state index >= 15 is 0 Å². The maximum atomic E-state index is 11.0. The molecule has 0 aliphatic heterocycles. The maximum Gasteiger partial charge on any atom is 0.372 e. The van der Waals surface area contributed by atoms with Crippen LogP contribution < -0.4 is 0 Å². The molecule has 2 N–H and O–H groups in total. The molecule has 0 saturated heterocycles. The minimum atomic E-state index is -1.04. The molecule has 0 unspecified atom stereocenters. The van der Waals surface area contributed by atoms with Crippen LogP contribution in [0.5, 0.6) is 0 Å². The fourth-order valence-electron chi connectivity index (χ4n) is 2.66. The molecule has 5 nitrogen and oxygen atoms in total. The smallest absolute Gasteiger partial charge is 0.372 e.